The topological polar surface area (TPSA) is 29.1 Å². The normalized spacial score (nSPS) is 11.1. The molecule has 3 nitrogen and oxygen atoms in total. The monoisotopic (exact) mass is 115 g/mol. The molecule has 0 radical (unpaired) electrons. The van der Waals surface area contributed by atoms with Gasteiger partial charge in [0.25, 0.3) is 0 Å². The van der Waals surface area contributed by atoms with Crippen LogP contribution in [0.2, 0.25) is 0 Å². The van der Waals surface area contributed by atoms with Gasteiger partial charge in [0.2, 0.25) is 12.4 Å². The lowest BCUT2D eigenvalue weighted by Gasteiger charge is -1.87. The Hall–Kier alpha value is -0.860. The Balaban J connectivity index is 3.76. The highest BCUT2D eigenvalue weighted by molar-refractivity contribution is 6.10. The average molecular weight is 115 g/mol. The number of rotatable bonds is 1. The predicted molar refractivity (Wildman–Crippen MR) is 33.8 cm³/mol. The highest BCUT2D eigenvalue weighted by Crippen LogP contribution is 1.52. The lowest BCUT2D eigenvalue weighted by molar-refractivity contribution is -0.461. The molecule has 0 aliphatic rings. The summed E-state index contributed by atoms with van der Waals surface area (Å²) in [6.07, 6.45) is 3.13. The minimum atomic E-state index is 0.750. The third-order valence-electron chi connectivity index (χ3n) is 0.575. The Morgan fingerprint density at radius 1 is 1.12 bits per heavy atom. The first-order valence-electron chi connectivity index (χ1n) is 2.37. The molecule has 0 aliphatic carbocycles. The molecular formula is C5H11N2O+. The van der Waals surface area contributed by atoms with Gasteiger partial charge in [-0.1, -0.05) is 0 Å². The number of hydrogen-bond donors (Lipinski definition) is 0. The van der Waals surface area contributed by atoms with Crippen molar-refractivity contribution in [3.05, 3.63) is 5.21 Å². The summed E-state index contributed by atoms with van der Waals surface area (Å²) in [5.41, 5.74) is 0. The van der Waals surface area contributed by atoms with Crippen LogP contribution in [0.1, 0.15) is 0 Å². The van der Waals surface area contributed by atoms with Crippen LogP contribution in [0.5, 0.6) is 0 Å². The Morgan fingerprint density at radius 3 is 1.75 bits per heavy atom. The smallest absolute Gasteiger partial charge is 0.238 e. The third kappa shape index (κ3) is 5.14. The van der Waals surface area contributed by atoms with Crippen molar-refractivity contribution in [1.82, 2.24) is 0 Å². The van der Waals surface area contributed by atoms with E-state index in [-0.39, 0.29) is 0 Å². The van der Waals surface area contributed by atoms with Gasteiger partial charge in [0.15, 0.2) is 0 Å². The molecule has 0 aromatic heterocycles. The molecule has 0 unspecified atom stereocenters. The van der Waals surface area contributed by atoms with E-state index in [0.29, 0.717) is 0 Å². The fourth-order valence-electron chi connectivity index (χ4n) is 0.227. The Morgan fingerprint density at radius 2 is 1.62 bits per heavy atom. The molecule has 0 bridgehead atoms. The highest BCUT2D eigenvalue weighted by atomic mass is 16.5. The van der Waals surface area contributed by atoms with Gasteiger partial charge in [-0.3, -0.25) is 0 Å². The van der Waals surface area contributed by atoms with Crippen LogP contribution in [0.15, 0.2) is 0 Å². The van der Waals surface area contributed by atoms with E-state index in [9.17, 15) is 5.21 Å². The van der Waals surface area contributed by atoms with Crippen LogP contribution in [0.4, 0.5) is 0 Å². The van der Waals surface area contributed by atoms with E-state index in [1.165, 1.54) is 13.3 Å². The Kier molecular flexibility index (Phi) is 2.84. The van der Waals surface area contributed by atoms with E-state index in [1.807, 2.05) is 14.1 Å². The quantitative estimate of drug-likeness (QED) is 0.197. The van der Waals surface area contributed by atoms with Crippen molar-refractivity contribution >= 4 is 12.4 Å². The Bertz CT molecular complexity index is 102. The van der Waals surface area contributed by atoms with Crippen molar-refractivity contribution in [2.24, 2.45) is 0 Å². The van der Waals surface area contributed by atoms with Gasteiger partial charge in [-0.2, -0.15) is 0 Å². The third-order valence-corrected chi connectivity index (χ3v) is 0.575. The van der Waals surface area contributed by atoms with Gasteiger partial charge in [0.1, 0.15) is 21.1 Å². The fraction of sp³-hybridized carbons (Fsp3) is 0.600. The molecule has 0 spiro atoms. The van der Waals surface area contributed by atoms with Gasteiger partial charge in [0.05, 0.1) is 0 Å². The highest BCUT2D eigenvalue weighted by Gasteiger charge is 1.80. The van der Waals surface area contributed by atoms with Crippen molar-refractivity contribution in [3.63, 3.8) is 0 Å². The largest absolute Gasteiger partial charge is 0.624 e. The van der Waals surface area contributed by atoms with E-state index in [4.69, 9.17) is 0 Å². The lowest BCUT2D eigenvalue weighted by atomic mass is 10.8. The van der Waals surface area contributed by atoms with Gasteiger partial charge < -0.3 is 5.21 Å². The van der Waals surface area contributed by atoms with Gasteiger partial charge in [-0.25, -0.2) is 9.31 Å². The first-order valence-corrected chi connectivity index (χ1v) is 2.37. The lowest BCUT2D eigenvalue weighted by Crippen LogP contribution is -2.05. The molecular weight excluding hydrogens is 104 g/mol. The standard InChI is InChI=1S/C5H11N2O/c1-6(2)4-5-7(3)8/h4-5H,1-3H3/q+1. The second-order valence-electron chi connectivity index (χ2n) is 1.81. The summed E-state index contributed by atoms with van der Waals surface area (Å²) in [7, 11) is 5.17. The number of hydrogen-bond acceptors (Lipinski definition) is 1. The molecule has 0 N–H and O–H groups in total. The second-order valence-corrected chi connectivity index (χ2v) is 1.81. The molecule has 0 rings (SSSR count). The number of hydroxylamine groups is 1. The average Bonchev–Trinajstić information content (AvgIpc) is 1.61. The minimum absolute atomic E-state index is 0.750. The van der Waals surface area contributed by atoms with Crippen LogP contribution >= 0.6 is 0 Å². The molecule has 0 heterocycles. The molecule has 0 aromatic rings. The molecule has 0 amide bonds. The molecule has 0 saturated heterocycles. The summed E-state index contributed by atoms with van der Waals surface area (Å²) in [4.78, 5) is 0. The maximum Gasteiger partial charge on any atom is 0.238 e. The predicted octanol–water partition coefficient (Wildman–Crippen LogP) is -0.460. The van der Waals surface area contributed by atoms with E-state index in [2.05, 4.69) is 0 Å². The van der Waals surface area contributed by atoms with E-state index >= 15 is 0 Å². The fourth-order valence-corrected chi connectivity index (χ4v) is 0.227. The summed E-state index contributed by atoms with van der Waals surface area (Å²) in [6, 6.07) is 0. The second kappa shape index (κ2) is 3.18. The summed E-state index contributed by atoms with van der Waals surface area (Å²) in [6.45, 7) is 0. The zero-order valence-corrected chi connectivity index (χ0v) is 5.46. The summed E-state index contributed by atoms with van der Waals surface area (Å²) in [5.74, 6) is 0. The van der Waals surface area contributed by atoms with Crippen molar-refractivity contribution in [1.29, 1.82) is 0 Å². The summed E-state index contributed by atoms with van der Waals surface area (Å²) < 4.78 is 2.55. The van der Waals surface area contributed by atoms with Gasteiger partial charge in [0, 0.05) is 0 Å². The maximum absolute atomic E-state index is 10.2. The summed E-state index contributed by atoms with van der Waals surface area (Å²) in [5, 5.41) is 10.2. The SMILES string of the molecule is C[N+](C)=CC=[N+](C)[O-]. The molecule has 0 atom stereocenters. The molecule has 8 heavy (non-hydrogen) atoms. The van der Waals surface area contributed by atoms with Crippen LogP contribution in [0.3, 0.4) is 0 Å². The summed E-state index contributed by atoms with van der Waals surface area (Å²) >= 11 is 0. The molecule has 0 aliphatic heterocycles. The van der Waals surface area contributed by atoms with Crippen molar-refractivity contribution in [3.8, 4) is 0 Å². The van der Waals surface area contributed by atoms with Crippen LogP contribution < -0.4 is 0 Å². The zero-order chi connectivity index (χ0) is 6.57. The van der Waals surface area contributed by atoms with Crippen molar-refractivity contribution in [2.45, 2.75) is 0 Å². The van der Waals surface area contributed by atoms with Crippen LogP contribution in [0, 0.1) is 5.21 Å². The van der Waals surface area contributed by atoms with Crippen LogP contribution in [0.25, 0.3) is 0 Å². The van der Waals surface area contributed by atoms with Crippen molar-refractivity contribution < 1.29 is 9.31 Å². The van der Waals surface area contributed by atoms with Gasteiger partial charge in [-0.15, -0.1) is 0 Å². The van der Waals surface area contributed by atoms with Crippen LogP contribution in [-0.4, -0.2) is 42.9 Å². The number of nitrogens with zero attached hydrogens (tertiary/aromatic N) is 2. The zero-order valence-electron chi connectivity index (χ0n) is 5.46. The molecule has 46 valence electrons. The van der Waals surface area contributed by atoms with Crippen molar-refractivity contribution in [2.75, 3.05) is 21.1 Å². The maximum atomic E-state index is 10.2. The first kappa shape index (κ1) is 7.14. The molecule has 3 heteroatoms. The van der Waals surface area contributed by atoms with E-state index in [0.717, 1.165) is 4.74 Å². The van der Waals surface area contributed by atoms with Gasteiger partial charge in [-0.05, 0) is 0 Å². The molecule has 0 aromatic carbocycles. The molecule has 0 fully saturated rings. The van der Waals surface area contributed by atoms with E-state index in [1.54, 1.807) is 10.8 Å². The first-order chi connectivity index (χ1) is 3.63. The molecule has 0 saturated carbocycles. The van der Waals surface area contributed by atoms with Crippen LogP contribution in [-0.2, 0) is 0 Å². The van der Waals surface area contributed by atoms with Gasteiger partial charge >= 0.3 is 0 Å². The van der Waals surface area contributed by atoms with E-state index < -0.39 is 0 Å². The Labute approximate surface area is 49.2 Å². The minimum Gasteiger partial charge on any atom is -0.624 e.